The van der Waals surface area contributed by atoms with E-state index in [0.29, 0.717) is 11.3 Å². The van der Waals surface area contributed by atoms with Crippen LogP contribution in [0.4, 0.5) is 11.4 Å². The van der Waals surface area contributed by atoms with Crippen LogP contribution in [0.5, 0.6) is 0 Å². The molecule has 2 aromatic rings. The van der Waals surface area contributed by atoms with Crippen LogP contribution in [0.15, 0.2) is 35.7 Å². The fourth-order valence-corrected chi connectivity index (χ4v) is 3.72. The second-order valence-electron chi connectivity index (χ2n) is 4.26. The molecule has 1 aromatic carbocycles. The quantitative estimate of drug-likeness (QED) is 0.647. The molecule has 112 valence electrons. The van der Waals surface area contributed by atoms with E-state index in [1.807, 2.05) is 0 Å². The van der Waals surface area contributed by atoms with Gasteiger partial charge < -0.3 is 10.5 Å². The molecule has 21 heavy (non-hydrogen) atoms. The van der Waals surface area contributed by atoms with Gasteiger partial charge in [0.25, 0.3) is 0 Å². The molecule has 1 heterocycles. The summed E-state index contributed by atoms with van der Waals surface area (Å²) in [6.07, 6.45) is 0. The average molecular weight is 326 g/mol. The summed E-state index contributed by atoms with van der Waals surface area (Å²) < 4.78 is 31.3. The van der Waals surface area contributed by atoms with Crippen LogP contribution in [0.2, 0.25) is 0 Å². The Morgan fingerprint density at radius 2 is 1.95 bits per heavy atom. The van der Waals surface area contributed by atoms with Gasteiger partial charge in [0.2, 0.25) is 10.0 Å². The van der Waals surface area contributed by atoms with E-state index in [9.17, 15) is 13.2 Å². The third kappa shape index (κ3) is 3.96. The van der Waals surface area contributed by atoms with Gasteiger partial charge in [-0.2, -0.15) is 0 Å². The predicted octanol–water partition coefficient (Wildman–Crippen LogP) is 2.06. The molecule has 0 saturated carbocycles. The number of benzene rings is 1. The predicted molar refractivity (Wildman–Crippen MR) is 82.8 cm³/mol. The van der Waals surface area contributed by atoms with Crippen molar-refractivity contribution < 1.29 is 17.9 Å². The smallest absolute Gasteiger partial charge is 0.350 e. The molecule has 0 saturated heterocycles. The fraction of sp³-hybridized carbons (Fsp3) is 0.154. The first-order chi connectivity index (χ1) is 9.91. The van der Waals surface area contributed by atoms with Gasteiger partial charge in [-0.05, 0) is 29.1 Å². The number of nitrogens with one attached hydrogen (secondary N) is 1. The van der Waals surface area contributed by atoms with Gasteiger partial charge in [0.15, 0.2) is 0 Å². The van der Waals surface area contributed by atoms with Crippen LogP contribution in [0.1, 0.15) is 15.2 Å². The molecular formula is C13H14N2O4S2. The Morgan fingerprint density at radius 3 is 2.57 bits per heavy atom. The highest BCUT2D eigenvalue weighted by Gasteiger charge is 2.19. The van der Waals surface area contributed by atoms with E-state index in [2.05, 4.69) is 9.46 Å². The number of nitrogen functional groups attached to an aromatic ring is 1. The second kappa shape index (κ2) is 6.15. The number of ether oxygens (including phenoxy) is 1. The standard InChI is InChI=1S/C13H14N2O4S2/c1-19-13(16)12-11(6-7-20-12)15-21(17,18)8-9-2-4-10(14)5-3-9/h2-7,15H,8,14H2,1H3. The van der Waals surface area contributed by atoms with Crippen molar-refractivity contribution in [2.75, 3.05) is 17.6 Å². The maximum absolute atomic E-state index is 12.1. The molecule has 0 bridgehead atoms. The van der Waals surface area contributed by atoms with E-state index in [-0.39, 0.29) is 16.3 Å². The van der Waals surface area contributed by atoms with E-state index in [4.69, 9.17) is 5.73 Å². The molecule has 0 unspecified atom stereocenters. The van der Waals surface area contributed by atoms with Gasteiger partial charge in [-0.25, -0.2) is 13.2 Å². The fourth-order valence-electron chi connectivity index (χ4n) is 1.68. The van der Waals surface area contributed by atoms with E-state index in [1.54, 1.807) is 29.6 Å². The molecule has 0 aliphatic rings. The molecule has 0 aliphatic carbocycles. The van der Waals surface area contributed by atoms with Crippen molar-refractivity contribution in [2.24, 2.45) is 0 Å². The van der Waals surface area contributed by atoms with Gasteiger partial charge in [-0.1, -0.05) is 12.1 Å². The summed E-state index contributed by atoms with van der Waals surface area (Å²) in [5, 5.41) is 1.62. The zero-order valence-electron chi connectivity index (χ0n) is 11.2. The summed E-state index contributed by atoms with van der Waals surface area (Å²) in [5.74, 6) is -0.779. The number of carbonyl (C=O) groups is 1. The minimum absolute atomic E-state index is 0.205. The molecule has 0 amide bonds. The van der Waals surface area contributed by atoms with Gasteiger partial charge >= 0.3 is 5.97 Å². The van der Waals surface area contributed by atoms with E-state index in [1.165, 1.54) is 13.2 Å². The van der Waals surface area contributed by atoms with Crippen LogP contribution >= 0.6 is 11.3 Å². The van der Waals surface area contributed by atoms with Crippen LogP contribution in [0, 0.1) is 0 Å². The number of nitrogens with two attached hydrogens (primary N) is 1. The Hall–Kier alpha value is -2.06. The van der Waals surface area contributed by atoms with Crippen LogP contribution in [0.3, 0.4) is 0 Å². The van der Waals surface area contributed by atoms with Gasteiger partial charge in [-0.15, -0.1) is 11.3 Å². The maximum Gasteiger partial charge on any atom is 0.350 e. The highest BCUT2D eigenvalue weighted by atomic mass is 32.2. The van der Waals surface area contributed by atoms with Crippen molar-refractivity contribution in [3.63, 3.8) is 0 Å². The molecule has 0 fully saturated rings. The first-order valence-corrected chi connectivity index (χ1v) is 8.45. The molecular weight excluding hydrogens is 312 g/mol. The number of carbonyl (C=O) groups excluding carboxylic acids is 1. The van der Waals surface area contributed by atoms with E-state index < -0.39 is 16.0 Å². The van der Waals surface area contributed by atoms with Gasteiger partial charge in [-0.3, -0.25) is 4.72 Å². The largest absolute Gasteiger partial charge is 0.465 e. The topological polar surface area (TPSA) is 98.5 Å². The molecule has 1 aromatic heterocycles. The maximum atomic E-state index is 12.1. The van der Waals surface area contributed by atoms with Crippen LogP contribution < -0.4 is 10.5 Å². The summed E-state index contributed by atoms with van der Waals surface area (Å²) in [5.41, 5.74) is 6.95. The summed E-state index contributed by atoms with van der Waals surface area (Å²) in [7, 11) is -2.38. The number of hydrogen-bond donors (Lipinski definition) is 2. The Kier molecular flexibility index (Phi) is 4.49. The zero-order valence-corrected chi connectivity index (χ0v) is 12.8. The highest BCUT2D eigenvalue weighted by Crippen LogP contribution is 2.25. The number of esters is 1. The van der Waals surface area contributed by atoms with Crippen molar-refractivity contribution in [3.8, 4) is 0 Å². The van der Waals surface area contributed by atoms with Crippen molar-refractivity contribution in [2.45, 2.75) is 5.75 Å². The molecule has 3 N–H and O–H groups in total. The summed E-state index contributed by atoms with van der Waals surface area (Å²) in [6.45, 7) is 0. The number of hydrogen-bond acceptors (Lipinski definition) is 6. The number of methoxy groups -OCH3 is 1. The Morgan fingerprint density at radius 1 is 1.29 bits per heavy atom. The van der Waals surface area contributed by atoms with Crippen molar-refractivity contribution in [3.05, 3.63) is 46.2 Å². The lowest BCUT2D eigenvalue weighted by atomic mass is 10.2. The lowest BCUT2D eigenvalue weighted by Crippen LogP contribution is -2.16. The summed E-state index contributed by atoms with van der Waals surface area (Å²) in [6, 6.07) is 8.08. The third-order valence-electron chi connectivity index (χ3n) is 2.64. The normalized spacial score (nSPS) is 11.1. The lowest BCUT2D eigenvalue weighted by Gasteiger charge is -2.08. The summed E-state index contributed by atoms with van der Waals surface area (Å²) >= 11 is 1.11. The minimum atomic E-state index is -3.63. The molecule has 2 rings (SSSR count). The average Bonchev–Trinajstić information content (AvgIpc) is 2.87. The van der Waals surface area contributed by atoms with Gasteiger partial charge in [0, 0.05) is 5.69 Å². The van der Waals surface area contributed by atoms with Crippen molar-refractivity contribution in [1.82, 2.24) is 0 Å². The van der Waals surface area contributed by atoms with Crippen LogP contribution in [0.25, 0.3) is 0 Å². The first-order valence-electron chi connectivity index (χ1n) is 5.92. The SMILES string of the molecule is COC(=O)c1sccc1NS(=O)(=O)Cc1ccc(N)cc1. The van der Waals surface area contributed by atoms with Gasteiger partial charge in [0.1, 0.15) is 4.88 Å². The molecule has 0 radical (unpaired) electrons. The second-order valence-corrected chi connectivity index (χ2v) is 6.90. The number of sulfonamides is 1. The molecule has 8 heteroatoms. The number of rotatable bonds is 5. The monoisotopic (exact) mass is 326 g/mol. The first kappa shape index (κ1) is 15.3. The number of thiophene rings is 1. The van der Waals surface area contributed by atoms with E-state index in [0.717, 1.165) is 11.3 Å². The molecule has 0 atom stereocenters. The third-order valence-corrected chi connectivity index (χ3v) is 4.78. The highest BCUT2D eigenvalue weighted by molar-refractivity contribution is 7.91. The molecule has 6 nitrogen and oxygen atoms in total. The lowest BCUT2D eigenvalue weighted by molar-refractivity contribution is 0.0607. The van der Waals surface area contributed by atoms with Gasteiger partial charge in [0.05, 0.1) is 18.6 Å². The number of anilines is 2. The van der Waals surface area contributed by atoms with Crippen molar-refractivity contribution >= 4 is 38.7 Å². The van der Waals surface area contributed by atoms with E-state index >= 15 is 0 Å². The zero-order chi connectivity index (χ0) is 15.5. The summed E-state index contributed by atoms with van der Waals surface area (Å²) in [4.78, 5) is 11.7. The minimum Gasteiger partial charge on any atom is -0.465 e. The Balaban J connectivity index is 2.16. The van der Waals surface area contributed by atoms with Crippen LogP contribution in [-0.4, -0.2) is 21.5 Å². The molecule has 0 aliphatic heterocycles. The molecule has 0 spiro atoms. The van der Waals surface area contributed by atoms with Crippen LogP contribution in [-0.2, 0) is 20.5 Å². The Bertz CT molecular complexity index is 736. The van der Waals surface area contributed by atoms with Crippen molar-refractivity contribution in [1.29, 1.82) is 0 Å². The Labute approximate surface area is 126 Å².